The van der Waals surface area contributed by atoms with Gasteiger partial charge in [-0.15, -0.1) is 0 Å². The average Bonchev–Trinajstić information content (AvgIpc) is 2.43. The van der Waals surface area contributed by atoms with Crippen LogP contribution in [-0.2, 0) is 20.4 Å². The number of amides is 1. The first-order valence-corrected chi connectivity index (χ1v) is 9.33. The molecule has 0 bridgehead atoms. The van der Waals surface area contributed by atoms with Crippen molar-refractivity contribution >= 4 is 49.0 Å². The Hall–Kier alpha value is -1.37. The summed E-state index contributed by atoms with van der Waals surface area (Å²) >= 11 is 9.04. The molecule has 0 saturated carbocycles. The summed E-state index contributed by atoms with van der Waals surface area (Å²) in [6.07, 6.45) is 0. The highest BCUT2D eigenvalue weighted by molar-refractivity contribution is 9.10. The SMILES string of the molecule is O=C(CS(=O)(=O)Cc1ccc(Cl)cc1)Nc1ccc(Br)cc1. The number of carbonyl (C=O) groups is 1. The zero-order valence-electron chi connectivity index (χ0n) is 11.4. The molecule has 0 spiro atoms. The van der Waals surface area contributed by atoms with E-state index in [1.165, 1.54) is 0 Å². The number of nitrogens with one attached hydrogen (secondary N) is 1. The van der Waals surface area contributed by atoms with Crippen molar-refractivity contribution in [1.82, 2.24) is 0 Å². The number of benzene rings is 2. The van der Waals surface area contributed by atoms with Gasteiger partial charge in [-0.3, -0.25) is 4.79 Å². The second-order valence-electron chi connectivity index (χ2n) is 4.71. The quantitative estimate of drug-likeness (QED) is 0.830. The van der Waals surface area contributed by atoms with Crippen LogP contribution in [0.3, 0.4) is 0 Å². The summed E-state index contributed by atoms with van der Waals surface area (Å²) in [5, 5.41) is 3.10. The second-order valence-corrected chi connectivity index (χ2v) is 8.13. The summed E-state index contributed by atoms with van der Waals surface area (Å²) in [4.78, 5) is 11.8. The predicted molar refractivity (Wildman–Crippen MR) is 91.7 cm³/mol. The van der Waals surface area contributed by atoms with Crippen molar-refractivity contribution in [3.05, 3.63) is 63.6 Å². The van der Waals surface area contributed by atoms with Crippen LogP contribution in [0.2, 0.25) is 5.02 Å². The molecule has 1 N–H and O–H groups in total. The van der Waals surface area contributed by atoms with Crippen molar-refractivity contribution in [3.63, 3.8) is 0 Å². The fraction of sp³-hybridized carbons (Fsp3) is 0.133. The molecule has 7 heteroatoms. The first-order valence-electron chi connectivity index (χ1n) is 6.34. The number of halogens is 2. The van der Waals surface area contributed by atoms with Crippen LogP contribution in [0.4, 0.5) is 5.69 Å². The molecule has 0 aliphatic heterocycles. The van der Waals surface area contributed by atoms with Crippen LogP contribution in [0.5, 0.6) is 0 Å². The summed E-state index contributed by atoms with van der Waals surface area (Å²) in [6, 6.07) is 13.4. The van der Waals surface area contributed by atoms with E-state index in [4.69, 9.17) is 11.6 Å². The van der Waals surface area contributed by atoms with E-state index in [0.29, 0.717) is 16.3 Å². The Balaban J connectivity index is 1.97. The van der Waals surface area contributed by atoms with Crippen LogP contribution in [-0.4, -0.2) is 20.1 Å². The van der Waals surface area contributed by atoms with Crippen LogP contribution < -0.4 is 5.32 Å². The van der Waals surface area contributed by atoms with Crippen molar-refractivity contribution in [3.8, 4) is 0 Å². The van der Waals surface area contributed by atoms with Crippen LogP contribution in [0, 0.1) is 0 Å². The number of hydrogen-bond donors (Lipinski definition) is 1. The molecule has 0 radical (unpaired) electrons. The van der Waals surface area contributed by atoms with Crippen LogP contribution in [0.15, 0.2) is 53.0 Å². The van der Waals surface area contributed by atoms with Gasteiger partial charge >= 0.3 is 0 Å². The van der Waals surface area contributed by atoms with Gasteiger partial charge in [-0.1, -0.05) is 39.7 Å². The summed E-state index contributed by atoms with van der Waals surface area (Å²) in [6.45, 7) is 0. The minimum Gasteiger partial charge on any atom is -0.325 e. The Labute approximate surface area is 142 Å². The van der Waals surface area contributed by atoms with E-state index in [-0.39, 0.29) is 5.75 Å². The van der Waals surface area contributed by atoms with Gasteiger partial charge in [0, 0.05) is 15.2 Å². The van der Waals surface area contributed by atoms with Gasteiger partial charge in [0.05, 0.1) is 5.75 Å². The van der Waals surface area contributed by atoms with Crippen LogP contribution in [0.25, 0.3) is 0 Å². The largest absolute Gasteiger partial charge is 0.325 e. The third-order valence-electron chi connectivity index (χ3n) is 2.78. The Morgan fingerprint density at radius 3 is 2.23 bits per heavy atom. The van der Waals surface area contributed by atoms with Gasteiger partial charge in [0.1, 0.15) is 5.75 Å². The molecular weight excluding hydrogens is 390 g/mol. The molecule has 22 heavy (non-hydrogen) atoms. The van der Waals surface area contributed by atoms with E-state index in [9.17, 15) is 13.2 Å². The Morgan fingerprint density at radius 2 is 1.64 bits per heavy atom. The average molecular weight is 403 g/mol. The van der Waals surface area contributed by atoms with Gasteiger partial charge in [0.2, 0.25) is 5.91 Å². The fourth-order valence-electron chi connectivity index (χ4n) is 1.82. The molecule has 2 aromatic carbocycles. The summed E-state index contributed by atoms with van der Waals surface area (Å²) in [5.41, 5.74) is 1.15. The standard InChI is InChI=1S/C15H13BrClNO3S/c16-12-3-7-14(8-4-12)18-15(19)10-22(20,21)9-11-1-5-13(17)6-2-11/h1-8H,9-10H2,(H,18,19). The van der Waals surface area contributed by atoms with E-state index < -0.39 is 21.5 Å². The molecular formula is C15H13BrClNO3S. The zero-order valence-corrected chi connectivity index (χ0v) is 14.6. The summed E-state index contributed by atoms with van der Waals surface area (Å²) in [7, 11) is -3.54. The first kappa shape index (κ1) is 17.0. The lowest BCUT2D eigenvalue weighted by molar-refractivity contribution is -0.113. The molecule has 0 fully saturated rings. The van der Waals surface area contributed by atoms with E-state index >= 15 is 0 Å². The van der Waals surface area contributed by atoms with Crippen molar-refractivity contribution in [1.29, 1.82) is 0 Å². The maximum absolute atomic E-state index is 12.0. The number of anilines is 1. The monoisotopic (exact) mass is 401 g/mol. The van der Waals surface area contributed by atoms with Gasteiger partial charge in [0.15, 0.2) is 9.84 Å². The highest BCUT2D eigenvalue weighted by Gasteiger charge is 2.17. The molecule has 4 nitrogen and oxygen atoms in total. The van der Waals surface area contributed by atoms with Gasteiger partial charge < -0.3 is 5.32 Å². The number of sulfone groups is 1. The van der Waals surface area contributed by atoms with Gasteiger partial charge in [-0.05, 0) is 42.0 Å². The smallest absolute Gasteiger partial charge is 0.239 e. The zero-order chi connectivity index (χ0) is 16.2. The molecule has 0 aromatic heterocycles. The minimum absolute atomic E-state index is 0.197. The second kappa shape index (κ2) is 7.26. The Morgan fingerprint density at radius 1 is 1.05 bits per heavy atom. The lowest BCUT2D eigenvalue weighted by Gasteiger charge is -2.07. The Bertz CT molecular complexity index is 758. The molecule has 0 aliphatic rings. The Kier molecular flexibility index (Phi) is 5.61. The fourth-order valence-corrected chi connectivity index (χ4v) is 3.48. The summed E-state index contributed by atoms with van der Waals surface area (Å²) < 4.78 is 25.0. The lowest BCUT2D eigenvalue weighted by Crippen LogP contribution is -2.23. The van der Waals surface area contributed by atoms with Crippen molar-refractivity contribution < 1.29 is 13.2 Å². The number of carbonyl (C=O) groups excluding carboxylic acids is 1. The van der Waals surface area contributed by atoms with Crippen LogP contribution >= 0.6 is 27.5 Å². The van der Waals surface area contributed by atoms with Crippen molar-refractivity contribution in [2.75, 3.05) is 11.1 Å². The van der Waals surface area contributed by atoms with E-state index in [1.807, 2.05) is 0 Å². The lowest BCUT2D eigenvalue weighted by atomic mass is 10.2. The highest BCUT2D eigenvalue weighted by Crippen LogP contribution is 2.15. The third kappa shape index (κ3) is 5.44. The van der Waals surface area contributed by atoms with E-state index in [1.54, 1.807) is 48.5 Å². The normalized spacial score (nSPS) is 11.2. The molecule has 0 unspecified atom stereocenters. The first-order chi connectivity index (χ1) is 10.3. The molecule has 0 atom stereocenters. The van der Waals surface area contributed by atoms with E-state index in [0.717, 1.165) is 4.47 Å². The summed E-state index contributed by atoms with van der Waals surface area (Å²) in [5.74, 6) is -1.32. The predicted octanol–water partition coefficient (Wildman–Crippen LogP) is 3.66. The van der Waals surface area contributed by atoms with Crippen LogP contribution in [0.1, 0.15) is 5.56 Å². The van der Waals surface area contributed by atoms with E-state index in [2.05, 4.69) is 21.2 Å². The topological polar surface area (TPSA) is 63.2 Å². The molecule has 0 heterocycles. The molecule has 0 aliphatic carbocycles. The third-order valence-corrected chi connectivity index (χ3v) is 5.03. The maximum atomic E-state index is 12.0. The molecule has 2 aromatic rings. The molecule has 0 saturated heterocycles. The molecule has 2 rings (SSSR count). The maximum Gasteiger partial charge on any atom is 0.239 e. The highest BCUT2D eigenvalue weighted by atomic mass is 79.9. The van der Waals surface area contributed by atoms with Crippen molar-refractivity contribution in [2.24, 2.45) is 0 Å². The van der Waals surface area contributed by atoms with Gasteiger partial charge in [-0.25, -0.2) is 8.42 Å². The minimum atomic E-state index is -3.54. The molecule has 116 valence electrons. The molecule has 1 amide bonds. The van der Waals surface area contributed by atoms with Gasteiger partial charge in [-0.2, -0.15) is 0 Å². The van der Waals surface area contributed by atoms with Crippen molar-refractivity contribution in [2.45, 2.75) is 5.75 Å². The van der Waals surface area contributed by atoms with Gasteiger partial charge in [0.25, 0.3) is 0 Å². The number of rotatable bonds is 5. The number of hydrogen-bond acceptors (Lipinski definition) is 3.